The van der Waals surface area contributed by atoms with Gasteiger partial charge < -0.3 is 0 Å². The molecule has 0 saturated heterocycles. The zero-order valence-electron chi connectivity index (χ0n) is 5.71. The van der Waals surface area contributed by atoms with E-state index in [2.05, 4.69) is 13.3 Å². The first-order valence-electron chi connectivity index (χ1n) is 2.91. The first kappa shape index (κ1) is 16.5. The van der Waals surface area contributed by atoms with Gasteiger partial charge in [-0.25, -0.2) is 0 Å². The van der Waals surface area contributed by atoms with Crippen molar-refractivity contribution in [3.8, 4) is 0 Å². The Kier molecular flexibility index (Phi) is 38.1. The van der Waals surface area contributed by atoms with Gasteiger partial charge in [0.1, 0.15) is 0 Å². The van der Waals surface area contributed by atoms with Crippen molar-refractivity contribution in [3.63, 3.8) is 0 Å². The first-order valence-corrected chi connectivity index (χ1v) is 2.91. The summed E-state index contributed by atoms with van der Waals surface area (Å²) in [7, 11) is 0. The summed E-state index contributed by atoms with van der Waals surface area (Å²) >= 11 is 0. The van der Waals surface area contributed by atoms with Crippen LogP contribution >= 0.6 is 0 Å². The van der Waals surface area contributed by atoms with Crippen molar-refractivity contribution in [2.45, 2.75) is 32.1 Å². The fourth-order valence-corrected chi connectivity index (χ4v) is 0.884. The Hall–Kier alpha value is -0.000519. The van der Waals surface area contributed by atoms with Gasteiger partial charge in [0.2, 0.25) is 0 Å². The summed E-state index contributed by atoms with van der Waals surface area (Å²) in [6.45, 7) is 9.00. The Morgan fingerprint density at radius 1 is 0.600 bits per heavy atom. The van der Waals surface area contributed by atoms with E-state index < -0.39 is 0 Å². The molecule has 0 amide bonds. The van der Waals surface area contributed by atoms with Crippen LogP contribution in [0.5, 0.6) is 0 Å². The zero-order valence-corrected chi connectivity index (χ0v) is 6.81. The Labute approximate surface area is 72.3 Å². The van der Waals surface area contributed by atoms with Crippen LogP contribution in [0.4, 0.5) is 0 Å². The average molecular weight is 182 g/mol. The molecule has 10 heavy (non-hydrogen) atoms. The number of hydrogen-bond donors (Lipinski definition) is 0. The number of hydrogen-bond acceptors (Lipinski definition) is 0. The van der Waals surface area contributed by atoms with E-state index in [0.29, 0.717) is 0 Å². The smallest absolute Gasteiger partial charge is 0 e. The van der Waals surface area contributed by atoms with E-state index in [1.54, 1.807) is 0 Å². The molecule has 0 aromatic rings. The molecule has 1 aliphatic carbocycles. The van der Waals surface area contributed by atoms with Gasteiger partial charge in [-0.15, -0.1) is 0 Å². The van der Waals surface area contributed by atoms with E-state index in [1.165, 1.54) is 32.1 Å². The van der Waals surface area contributed by atoms with Gasteiger partial charge in [-0.2, -0.15) is 0 Å². The molecule has 0 unspecified atom stereocenters. The zero-order chi connectivity index (χ0) is 7.54. The van der Waals surface area contributed by atoms with E-state index in [-0.39, 0.29) is 17.1 Å². The third-order valence-corrected chi connectivity index (χ3v) is 1.25. The molecule has 0 radical (unpaired) electrons. The number of rotatable bonds is 0. The minimum Gasteiger partial charge on any atom is 0 e. The molecule has 0 aliphatic heterocycles. The normalized spacial score (nSPS) is 12.4. The fourth-order valence-electron chi connectivity index (χ4n) is 0.884. The minimum atomic E-state index is 0. The van der Waals surface area contributed by atoms with Crippen molar-refractivity contribution in [1.29, 1.82) is 0 Å². The van der Waals surface area contributed by atoms with Gasteiger partial charge in [0, 0.05) is 17.1 Å². The maximum Gasteiger partial charge on any atom is 0 e. The monoisotopic (exact) mass is 182 g/mol. The molecule has 58 valence electrons. The average Bonchev–Trinajstić information content (AvgIpc) is 2.51. The Morgan fingerprint density at radius 2 is 0.700 bits per heavy atom. The molecule has 3 heteroatoms. The van der Waals surface area contributed by atoms with Crippen molar-refractivity contribution < 1.29 is 26.4 Å². The molecule has 0 atom stereocenters. The van der Waals surface area contributed by atoms with Crippen LogP contribution in [-0.2, 0) is 26.4 Å². The van der Waals surface area contributed by atoms with Crippen LogP contribution in [-0.4, -0.2) is 0 Å². The van der Waals surface area contributed by atoms with Crippen molar-refractivity contribution in [2.24, 2.45) is 0 Å². The van der Waals surface area contributed by atoms with Crippen LogP contribution in [0.3, 0.4) is 0 Å². The summed E-state index contributed by atoms with van der Waals surface area (Å²) in [6.07, 6.45) is 7.50. The van der Waals surface area contributed by atoms with Gasteiger partial charge in [0.05, 0.1) is 0 Å². The third-order valence-electron chi connectivity index (χ3n) is 1.25. The molecule has 0 N–H and O–H groups in total. The van der Waals surface area contributed by atoms with E-state index >= 15 is 0 Å². The molecule has 0 aromatic heterocycles. The second-order valence-corrected chi connectivity index (χ2v) is 1.77. The van der Waals surface area contributed by atoms with Crippen molar-refractivity contribution >= 4 is 0 Å². The van der Waals surface area contributed by atoms with Gasteiger partial charge in [-0.1, -0.05) is 32.1 Å². The van der Waals surface area contributed by atoms with Crippen LogP contribution in [0, 0.1) is 13.3 Å². The predicted octanol–water partition coefficient (Wildman–Crippen LogP) is 1.87. The molecule has 0 spiro atoms. The van der Waals surface area contributed by atoms with Gasteiger partial charge in [-0.05, 0) is 0 Å². The molecule has 2 nitrogen and oxygen atoms in total. The van der Waals surface area contributed by atoms with Crippen LogP contribution in [0.2, 0.25) is 0 Å². The molecule has 0 bridgehead atoms. The maximum atomic E-state index is 7.50. The van der Waals surface area contributed by atoms with E-state index in [1.807, 2.05) is 0 Å². The second kappa shape index (κ2) is 23.0. The summed E-state index contributed by atoms with van der Waals surface area (Å²) < 4.78 is 15.0. The fraction of sp³-hybridized carbons (Fsp3) is 0.714. The van der Waals surface area contributed by atoms with Gasteiger partial charge in [0.15, 0.2) is 0 Å². The third kappa shape index (κ3) is 15.7. The molecule has 1 rings (SSSR count). The molecule has 1 aliphatic rings. The molecular weight excluding hydrogens is 172 g/mol. The SMILES string of the molecule is C1CCCC1.[C-]#[O+].[C-]#[O+].[Fe]. The summed E-state index contributed by atoms with van der Waals surface area (Å²) in [6, 6.07) is 0. The topological polar surface area (TPSA) is 39.8 Å². The summed E-state index contributed by atoms with van der Waals surface area (Å²) in [5.41, 5.74) is 0. The summed E-state index contributed by atoms with van der Waals surface area (Å²) in [4.78, 5) is 0. The quantitative estimate of drug-likeness (QED) is 0.311. The minimum absolute atomic E-state index is 0. The largest absolute Gasteiger partial charge is 0 e. The predicted molar refractivity (Wildman–Crippen MR) is 30.9 cm³/mol. The van der Waals surface area contributed by atoms with Crippen molar-refractivity contribution in [1.82, 2.24) is 0 Å². The van der Waals surface area contributed by atoms with Gasteiger partial charge >= 0.3 is 22.6 Å². The van der Waals surface area contributed by atoms with E-state index in [4.69, 9.17) is 9.30 Å². The van der Waals surface area contributed by atoms with E-state index in [9.17, 15) is 0 Å². The molecule has 0 heterocycles. The van der Waals surface area contributed by atoms with Crippen LogP contribution < -0.4 is 0 Å². The maximum absolute atomic E-state index is 7.50. The van der Waals surface area contributed by atoms with Crippen LogP contribution in [0.25, 0.3) is 0 Å². The molecular formula is C7H10FeO2. The first-order chi connectivity index (χ1) is 4.50. The molecule has 0 aromatic carbocycles. The summed E-state index contributed by atoms with van der Waals surface area (Å²) in [5, 5.41) is 0. The van der Waals surface area contributed by atoms with Crippen LogP contribution in [0.1, 0.15) is 32.1 Å². The van der Waals surface area contributed by atoms with Gasteiger partial charge in [-0.3, -0.25) is 0 Å². The Balaban J connectivity index is -0.0000000875. The van der Waals surface area contributed by atoms with Gasteiger partial charge in [0.25, 0.3) is 0 Å². The van der Waals surface area contributed by atoms with Crippen molar-refractivity contribution in [2.75, 3.05) is 0 Å². The molecule has 1 fully saturated rings. The summed E-state index contributed by atoms with van der Waals surface area (Å²) in [5.74, 6) is 0. The molecule has 1 saturated carbocycles. The second-order valence-electron chi connectivity index (χ2n) is 1.77. The Bertz CT molecular complexity index is 60.6. The van der Waals surface area contributed by atoms with Crippen LogP contribution in [0.15, 0.2) is 0 Å². The standard InChI is InChI=1S/C5H10.2CO.Fe/c1-2-4-5-3-1;2*1-2;/h1-5H2;;;. The Morgan fingerprint density at radius 3 is 0.800 bits per heavy atom. The van der Waals surface area contributed by atoms with E-state index in [0.717, 1.165) is 0 Å². The van der Waals surface area contributed by atoms with Crippen molar-refractivity contribution in [3.05, 3.63) is 13.3 Å².